The van der Waals surface area contributed by atoms with E-state index in [4.69, 9.17) is 0 Å². The molecule has 1 N–H and O–H groups in total. The summed E-state index contributed by atoms with van der Waals surface area (Å²) in [6, 6.07) is 3.43. The number of piperidine rings is 1. The van der Waals surface area contributed by atoms with Crippen LogP contribution in [0.3, 0.4) is 0 Å². The quantitative estimate of drug-likeness (QED) is 0.784. The van der Waals surface area contributed by atoms with Gasteiger partial charge in [0.1, 0.15) is 5.82 Å². The number of rotatable bonds is 7. The number of hydrogen-bond donors (Lipinski definition) is 1. The fraction of sp³-hybridized carbons (Fsp3) is 0.778. The second kappa shape index (κ2) is 8.59. The Kier molecular flexibility index (Phi) is 6.77. The Hall–Kier alpha value is -1.00. The first kappa shape index (κ1) is 17.4. The van der Waals surface area contributed by atoms with Crippen LogP contribution in [0.5, 0.6) is 0 Å². The molecule has 124 valence electrons. The van der Waals surface area contributed by atoms with Crippen LogP contribution in [0.25, 0.3) is 0 Å². The molecule has 4 heteroatoms. The fourth-order valence-electron chi connectivity index (χ4n) is 3.29. The van der Waals surface area contributed by atoms with Gasteiger partial charge >= 0.3 is 0 Å². The Morgan fingerprint density at radius 1 is 1.27 bits per heavy atom. The number of hydrogen-bond acceptors (Lipinski definition) is 4. The van der Waals surface area contributed by atoms with Crippen molar-refractivity contribution in [2.75, 3.05) is 13.1 Å². The highest BCUT2D eigenvalue weighted by Crippen LogP contribution is 2.21. The smallest absolute Gasteiger partial charge is 0.131 e. The second-order valence-corrected chi connectivity index (χ2v) is 7.01. The predicted octanol–water partition coefficient (Wildman–Crippen LogP) is 3.34. The summed E-state index contributed by atoms with van der Waals surface area (Å²) < 4.78 is 0. The van der Waals surface area contributed by atoms with Gasteiger partial charge in [-0.05, 0) is 52.3 Å². The van der Waals surface area contributed by atoms with Crippen LogP contribution in [-0.2, 0) is 6.54 Å². The van der Waals surface area contributed by atoms with Crippen molar-refractivity contribution < 1.29 is 0 Å². The Balaban J connectivity index is 1.75. The van der Waals surface area contributed by atoms with E-state index >= 15 is 0 Å². The lowest BCUT2D eigenvalue weighted by molar-refractivity contribution is 0.105. The fourth-order valence-corrected chi connectivity index (χ4v) is 3.29. The lowest BCUT2D eigenvalue weighted by atomic mass is 9.98. The standard InChI is InChI=1S/C18H32N4/c1-14(2)18-20-11-8-16(21-18)13-19-10-9-17-7-5-6-12-22(17)15(3)4/h8,11,14-15,17,19H,5-7,9-10,12-13H2,1-4H3. The maximum absolute atomic E-state index is 4.62. The van der Waals surface area contributed by atoms with Crippen molar-refractivity contribution in [2.45, 2.75) is 77.9 Å². The molecule has 1 atom stereocenters. The predicted molar refractivity (Wildman–Crippen MR) is 91.9 cm³/mol. The number of nitrogens with zero attached hydrogens (tertiary/aromatic N) is 3. The van der Waals surface area contributed by atoms with E-state index in [0.29, 0.717) is 12.0 Å². The van der Waals surface area contributed by atoms with Crippen LogP contribution >= 0.6 is 0 Å². The van der Waals surface area contributed by atoms with Gasteiger partial charge < -0.3 is 5.32 Å². The van der Waals surface area contributed by atoms with Gasteiger partial charge in [-0.15, -0.1) is 0 Å². The molecule has 1 aliphatic rings. The maximum Gasteiger partial charge on any atom is 0.131 e. The molecule has 2 heterocycles. The van der Waals surface area contributed by atoms with Gasteiger partial charge in [-0.2, -0.15) is 0 Å². The lowest BCUT2D eigenvalue weighted by Crippen LogP contribution is -2.45. The monoisotopic (exact) mass is 304 g/mol. The van der Waals surface area contributed by atoms with Gasteiger partial charge in [-0.25, -0.2) is 9.97 Å². The summed E-state index contributed by atoms with van der Waals surface area (Å²) in [5, 5.41) is 3.56. The molecule has 0 saturated carbocycles. The van der Waals surface area contributed by atoms with Crippen molar-refractivity contribution >= 4 is 0 Å². The highest BCUT2D eigenvalue weighted by Gasteiger charge is 2.23. The minimum absolute atomic E-state index is 0.391. The van der Waals surface area contributed by atoms with Gasteiger partial charge in [0.25, 0.3) is 0 Å². The summed E-state index contributed by atoms with van der Waals surface area (Å²) in [6.07, 6.45) is 7.21. The van der Waals surface area contributed by atoms with E-state index in [0.717, 1.165) is 30.6 Å². The zero-order valence-electron chi connectivity index (χ0n) is 14.7. The largest absolute Gasteiger partial charge is 0.311 e. The Labute approximate surface area is 135 Å². The molecule has 1 unspecified atom stereocenters. The molecule has 1 saturated heterocycles. The number of nitrogens with one attached hydrogen (secondary N) is 1. The Bertz CT molecular complexity index is 444. The lowest BCUT2D eigenvalue weighted by Gasteiger charge is -2.38. The van der Waals surface area contributed by atoms with Crippen molar-refractivity contribution in [3.8, 4) is 0 Å². The van der Waals surface area contributed by atoms with E-state index in [-0.39, 0.29) is 0 Å². The van der Waals surface area contributed by atoms with E-state index in [1.807, 2.05) is 12.3 Å². The molecule has 2 rings (SSSR count). The molecule has 1 aromatic heterocycles. The summed E-state index contributed by atoms with van der Waals surface area (Å²) in [4.78, 5) is 11.6. The highest BCUT2D eigenvalue weighted by molar-refractivity contribution is 5.04. The number of aromatic nitrogens is 2. The van der Waals surface area contributed by atoms with Gasteiger partial charge in [0, 0.05) is 30.7 Å². The van der Waals surface area contributed by atoms with E-state index in [1.54, 1.807) is 0 Å². The van der Waals surface area contributed by atoms with Crippen molar-refractivity contribution in [3.63, 3.8) is 0 Å². The van der Waals surface area contributed by atoms with Gasteiger partial charge in [-0.1, -0.05) is 20.3 Å². The third-order valence-electron chi connectivity index (χ3n) is 4.54. The SMILES string of the molecule is CC(C)c1nccc(CNCCC2CCCCN2C(C)C)n1. The van der Waals surface area contributed by atoms with Gasteiger partial charge in [0.2, 0.25) is 0 Å². The first-order chi connectivity index (χ1) is 10.6. The highest BCUT2D eigenvalue weighted by atomic mass is 15.2. The van der Waals surface area contributed by atoms with E-state index in [1.165, 1.54) is 32.2 Å². The molecule has 0 aliphatic carbocycles. The van der Waals surface area contributed by atoms with E-state index < -0.39 is 0 Å². The van der Waals surface area contributed by atoms with Crippen LogP contribution in [0.15, 0.2) is 12.3 Å². The van der Waals surface area contributed by atoms with Crippen LogP contribution in [0.2, 0.25) is 0 Å². The topological polar surface area (TPSA) is 41.1 Å². The zero-order valence-corrected chi connectivity index (χ0v) is 14.7. The van der Waals surface area contributed by atoms with Gasteiger partial charge in [0.15, 0.2) is 0 Å². The molecule has 0 amide bonds. The molecule has 0 bridgehead atoms. The summed E-state index contributed by atoms with van der Waals surface area (Å²) in [5.41, 5.74) is 1.10. The zero-order chi connectivity index (χ0) is 15.9. The molecular formula is C18H32N4. The maximum atomic E-state index is 4.62. The molecule has 22 heavy (non-hydrogen) atoms. The van der Waals surface area contributed by atoms with Gasteiger partial charge in [0.05, 0.1) is 5.69 Å². The van der Waals surface area contributed by atoms with E-state index in [2.05, 4.69) is 47.9 Å². The first-order valence-corrected chi connectivity index (χ1v) is 8.86. The van der Waals surface area contributed by atoms with Crippen molar-refractivity contribution in [3.05, 3.63) is 23.8 Å². The van der Waals surface area contributed by atoms with Crippen LogP contribution in [-0.4, -0.2) is 40.0 Å². The minimum atomic E-state index is 0.391. The van der Waals surface area contributed by atoms with Crippen LogP contribution in [0, 0.1) is 0 Å². The first-order valence-electron chi connectivity index (χ1n) is 8.86. The normalized spacial score (nSPS) is 20.0. The molecule has 0 aromatic carbocycles. The Morgan fingerprint density at radius 3 is 2.82 bits per heavy atom. The summed E-state index contributed by atoms with van der Waals surface area (Å²) in [7, 11) is 0. The van der Waals surface area contributed by atoms with Crippen LogP contribution < -0.4 is 5.32 Å². The molecule has 0 spiro atoms. The van der Waals surface area contributed by atoms with E-state index in [9.17, 15) is 0 Å². The average molecular weight is 304 g/mol. The third-order valence-corrected chi connectivity index (χ3v) is 4.54. The average Bonchev–Trinajstić information content (AvgIpc) is 2.52. The molecule has 4 nitrogen and oxygen atoms in total. The molecule has 1 aromatic rings. The molecule has 1 aliphatic heterocycles. The minimum Gasteiger partial charge on any atom is -0.311 e. The summed E-state index contributed by atoms with van der Waals surface area (Å²) in [5.74, 6) is 1.33. The summed E-state index contributed by atoms with van der Waals surface area (Å²) in [6.45, 7) is 12.1. The second-order valence-electron chi connectivity index (χ2n) is 7.01. The van der Waals surface area contributed by atoms with Crippen molar-refractivity contribution in [2.24, 2.45) is 0 Å². The van der Waals surface area contributed by atoms with Gasteiger partial charge in [-0.3, -0.25) is 4.90 Å². The van der Waals surface area contributed by atoms with Crippen molar-refractivity contribution in [1.29, 1.82) is 0 Å². The summed E-state index contributed by atoms with van der Waals surface area (Å²) >= 11 is 0. The van der Waals surface area contributed by atoms with Crippen LogP contribution in [0.4, 0.5) is 0 Å². The molecule has 1 fully saturated rings. The Morgan fingerprint density at radius 2 is 2.09 bits per heavy atom. The van der Waals surface area contributed by atoms with Crippen LogP contribution in [0.1, 0.15) is 70.8 Å². The third kappa shape index (κ3) is 5.03. The molecule has 0 radical (unpaired) electrons. The number of likely N-dealkylation sites (tertiary alicyclic amines) is 1. The van der Waals surface area contributed by atoms with Crippen molar-refractivity contribution in [1.82, 2.24) is 20.2 Å². The molecular weight excluding hydrogens is 272 g/mol.